The number of methoxy groups -OCH3 is 1. The van der Waals surface area contributed by atoms with Crippen molar-refractivity contribution in [2.75, 3.05) is 7.11 Å². The molecule has 5 rings (SSSR count). The van der Waals surface area contributed by atoms with Gasteiger partial charge >= 0.3 is 0 Å². The number of nitrogens with zero attached hydrogens (tertiary/aromatic N) is 3. The molecule has 30 heavy (non-hydrogen) atoms. The number of hydrogen-bond donors (Lipinski definition) is 0. The van der Waals surface area contributed by atoms with Crippen LogP contribution < -0.4 is 4.74 Å². The molecule has 0 atom stereocenters. The van der Waals surface area contributed by atoms with Crippen LogP contribution >= 0.6 is 0 Å². The van der Waals surface area contributed by atoms with E-state index in [0.717, 1.165) is 30.3 Å². The molecule has 3 aromatic heterocycles. The van der Waals surface area contributed by atoms with Crippen molar-refractivity contribution in [3.63, 3.8) is 0 Å². The number of hydrogen-bond acceptors (Lipinski definition) is 5. The van der Waals surface area contributed by atoms with Gasteiger partial charge in [0.05, 0.1) is 32.2 Å². The number of aryl methyl sites for hydroxylation is 1. The van der Waals surface area contributed by atoms with E-state index in [0.29, 0.717) is 30.2 Å². The van der Waals surface area contributed by atoms with Gasteiger partial charge in [-0.05, 0) is 49.1 Å². The monoisotopic (exact) mass is 405 g/mol. The van der Waals surface area contributed by atoms with E-state index >= 15 is 0 Å². The van der Waals surface area contributed by atoms with Crippen molar-refractivity contribution in [1.29, 1.82) is 0 Å². The van der Waals surface area contributed by atoms with Crippen LogP contribution in [0, 0.1) is 0 Å². The van der Waals surface area contributed by atoms with Crippen molar-refractivity contribution < 1.29 is 18.4 Å². The molecule has 1 amide bonds. The van der Waals surface area contributed by atoms with Gasteiger partial charge in [-0.15, -0.1) is 0 Å². The van der Waals surface area contributed by atoms with Crippen LogP contribution in [-0.2, 0) is 33.0 Å². The summed E-state index contributed by atoms with van der Waals surface area (Å²) in [4.78, 5) is 15.2. The average molecular weight is 405 g/mol. The van der Waals surface area contributed by atoms with E-state index in [1.54, 1.807) is 24.3 Å². The minimum absolute atomic E-state index is 0.206. The molecule has 3 heterocycles. The Morgan fingerprint density at radius 3 is 2.93 bits per heavy atom. The number of benzene rings is 1. The summed E-state index contributed by atoms with van der Waals surface area (Å²) in [5, 5.41) is 5.52. The maximum atomic E-state index is 13.5. The second kappa shape index (κ2) is 7.40. The highest BCUT2D eigenvalue weighted by atomic mass is 16.5. The second-order valence-electron chi connectivity index (χ2n) is 7.58. The van der Waals surface area contributed by atoms with E-state index in [2.05, 4.69) is 5.10 Å². The van der Waals surface area contributed by atoms with Gasteiger partial charge in [0.15, 0.2) is 17.1 Å². The molecule has 0 N–H and O–H groups in total. The first-order valence-corrected chi connectivity index (χ1v) is 10.1. The van der Waals surface area contributed by atoms with E-state index in [1.807, 2.05) is 42.1 Å². The highest BCUT2D eigenvalue weighted by molar-refractivity contribution is 5.97. The molecular formula is C23H23N3O4. The number of fused-ring (bicyclic) bond motifs is 2. The predicted molar refractivity (Wildman–Crippen MR) is 110 cm³/mol. The summed E-state index contributed by atoms with van der Waals surface area (Å²) < 4.78 is 18.7. The molecule has 0 saturated carbocycles. The zero-order valence-corrected chi connectivity index (χ0v) is 17.1. The first-order valence-electron chi connectivity index (χ1n) is 10.1. The normalized spacial score (nSPS) is 13.0. The molecule has 7 nitrogen and oxygen atoms in total. The Kier molecular flexibility index (Phi) is 4.58. The van der Waals surface area contributed by atoms with Crippen LogP contribution in [0.1, 0.15) is 39.7 Å². The smallest absolute Gasteiger partial charge is 0.290 e. The summed E-state index contributed by atoms with van der Waals surface area (Å²) in [6.45, 7) is 0.738. The SMILES string of the molecule is COc1cccc2cc(C(=O)N(Cc3ccco3)Cc3nn(C)c4c3CCC4)oc12. The standard InChI is InChI=1S/C23H23N3O4/c1-25-19-9-4-8-17(19)18(24-25)14-26(13-16-7-5-11-29-16)23(27)21-12-15-6-3-10-20(28-2)22(15)30-21/h3,5-7,10-12H,4,8-9,13-14H2,1-2H3. The van der Waals surface area contributed by atoms with Gasteiger partial charge in [-0.1, -0.05) is 12.1 Å². The van der Waals surface area contributed by atoms with Gasteiger partial charge in [-0.25, -0.2) is 0 Å². The maximum Gasteiger partial charge on any atom is 0.290 e. The van der Waals surface area contributed by atoms with Gasteiger partial charge in [0.25, 0.3) is 5.91 Å². The molecule has 0 unspecified atom stereocenters. The molecule has 1 aliphatic rings. The number of carbonyl (C=O) groups is 1. The molecule has 1 aliphatic carbocycles. The summed E-state index contributed by atoms with van der Waals surface area (Å²) in [6.07, 6.45) is 4.78. The summed E-state index contributed by atoms with van der Waals surface area (Å²) in [6, 6.07) is 11.0. The first kappa shape index (κ1) is 18.5. The Bertz CT molecular complexity index is 1200. The lowest BCUT2D eigenvalue weighted by atomic mass is 10.2. The Labute approximate surface area is 173 Å². The third-order valence-corrected chi connectivity index (χ3v) is 5.69. The Morgan fingerprint density at radius 2 is 2.13 bits per heavy atom. The Morgan fingerprint density at radius 1 is 1.23 bits per heavy atom. The van der Waals surface area contributed by atoms with Gasteiger partial charge in [0.2, 0.25) is 0 Å². The first-order chi connectivity index (χ1) is 14.6. The molecule has 0 fully saturated rings. The third-order valence-electron chi connectivity index (χ3n) is 5.69. The lowest BCUT2D eigenvalue weighted by Gasteiger charge is -2.20. The van der Waals surface area contributed by atoms with Gasteiger partial charge in [0.1, 0.15) is 5.76 Å². The van der Waals surface area contributed by atoms with Crippen LogP contribution in [0.15, 0.2) is 51.5 Å². The zero-order valence-electron chi connectivity index (χ0n) is 17.1. The second-order valence-corrected chi connectivity index (χ2v) is 7.58. The van der Waals surface area contributed by atoms with Crippen molar-refractivity contribution in [2.24, 2.45) is 7.05 Å². The number of rotatable bonds is 6. The largest absolute Gasteiger partial charge is 0.493 e. The molecule has 154 valence electrons. The lowest BCUT2D eigenvalue weighted by Crippen LogP contribution is -2.30. The van der Waals surface area contributed by atoms with Crippen LogP contribution in [0.4, 0.5) is 0 Å². The number of furan rings is 2. The van der Waals surface area contributed by atoms with Crippen molar-refractivity contribution in [1.82, 2.24) is 14.7 Å². The van der Waals surface area contributed by atoms with Gasteiger partial charge in [-0.3, -0.25) is 9.48 Å². The van der Waals surface area contributed by atoms with Gasteiger partial charge in [0, 0.05) is 18.1 Å². The summed E-state index contributed by atoms with van der Waals surface area (Å²) in [7, 11) is 3.56. The third kappa shape index (κ3) is 3.16. The summed E-state index contributed by atoms with van der Waals surface area (Å²) in [5.41, 5.74) is 4.04. The predicted octanol–water partition coefficient (Wildman–Crippen LogP) is 4.10. The number of carbonyl (C=O) groups excluding carboxylic acids is 1. The Hall–Kier alpha value is -3.48. The highest BCUT2D eigenvalue weighted by Gasteiger charge is 2.27. The minimum atomic E-state index is -0.206. The van der Waals surface area contributed by atoms with Crippen molar-refractivity contribution in [3.8, 4) is 5.75 Å². The summed E-state index contributed by atoms with van der Waals surface area (Å²) >= 11 is 0. The molecular weight excluding hydrogens is 382 g/mol. The van der Waals surface area contributed by atoms with E-state index in [9.17, 15) is 4.79 Å². The van der Waals surface area contributed by atoms with E-state index in [-0.39, 0.29) is 11.7 Å². The number of amides is 1. The fourth-order valence-electron chi connectivity index (χ4n) is 4.25. The highest BCUT2D eigenvalue weighted by Crippen LogP contribution is 2.30. The quantitative estimate of drug-likeness (QED) is 0.483. The molecule has 0 spiro atoms. The maximum absolute atomic E-state index is 13.5. The van der Waals surface area contributed by atoms with Crippen LogP contribution in [-0.4, -0.2) is 27.7 Å². The average Bonchev–Trinajstić information content (AvgIpc) is 3.53. The topological polar surface area (TPSA) is 73.6 Å². The van der Waals surface area contributed by atoms with E-state index in [1.165, 1.54) is 11.3 Å². The summed E-state index contributed by atoms with van der Waals surface area (Å²) in [5.74, 6) is 1.38. The number of para-hydroxylation sites is 1. The fourth-order valence-corrected chi connectivity index (χ4v) is 4.25. The van der Waals surface area contributed by atoms with Gasteiger partial charge < -0.3 is 18.5 Å². The molecule has 1 aromatic carbocycles. The van der Waals surface area contributed by atoms with E-state index < -0.39 is 0 Å². The van der Waals surface area contributed by atoms with Crippen LogP contribution in [0.5, 0.6) is 5.75 Å². The fraction of sp³-hybridized carbons (Fsp3) is 0.304. The van der Waals surface area contributed by atoms with Gasteiger partial charge in [-0.2, -0.15) is 5.10 Å². The van der Waals surface area contributed by atoms with Crippen LogP contribution in [0.3, 0.4) is 0 Å². The number of ether oxygens (including phenoxy) is 1. The molecule has 4 aromatic rings. The zero-order chi connectivity index (χ0) is 20.7. The minimum Gasteiger partial charge on any atom is -0.493 e. The number of aromatic nitrogens is 2. The van der Waals surface area contributed by atoms with E-state index in [4.69, 9.17) is 13.6 Å². The van der Waals surface area contributed by atoms with Crippen LogP contribution in [0.25, 0.3) is 11.0 Å². The lowest BCUT2D eigenvalue weighted by molar-refractivity contribution is 0.0684. The molecule has 0 saturated heterocycles. The van der Waals surface area contributed by atoms with Crippen molar-refractivity contribution in [3.05, 3.63) is 71.1 Å². The molecule has 0 bridgehead atoms. The van der Waals surface area contributed by atoms with Crippen molar-refractivity contribution >= 4 is 16.9 Å². The van der Waals surface area contributed by atoms with Crippen molar-refractivity contribution in [2.45, 2.75) is 32.4 Å². The molecule has 0 radical (unpaired) electrons. The molecule has 7 heteroatoms. The van der Waals surface area contributed by atoms with Crippen LogP contribution in [0.2, 0.25) is 0 Å². The molecule has 0 aliphatic heterocycles. The Balaban J connectivity index is 1.50.